The van der Waals surface area contributed by atoms with E-state index < -0.39 is 0 Å². The molecule has 0 aliphatic carbocycles. The monoisotopic (exact) mass is 368 g/mol. The summed E-state index contributed by atoms with van der Waals surface area (Å²) >= 11 is 0. The first-order valence-electron chi connectivity index (χ1n) is 9.68. The second-order valence-electron chi connectivity index (χ2n) is 7.31. The predicted molar refractivity (Wildman–Crippen MR) is 110 cm³/mol. The van der Waals surface area contributed by atoms with Crippen molar-refractivity contribution in [2.24, 2.45) is 0 Å². The third kappa shape index (κ3) is 4.80. The molecule has 1 N–H and O–H groups in total. The average molecular weight is 369 g/mol. The van der Waals surface area contributed by atoms with Crippen LogP contribution in [0.4, 0.5) is 11.4 Å². The van der Waals surface area contributed by atoms with Crippen LogP contribution in [0.5, 0.6) is 5.75 Å². The first-order valence-corrected chi connectivity index (χ1v) is 9.68. The molecule has 1 aliphatic rings. The third-order valence-corrected chi connectivity index (χ3v) is 5.11. The summed E-state index contributed by atoms with van der Waals surface area (Å²) in [6.45, 7) is 8.50. The van der Waals surface area contributed by atoms with Crippen molar-refractivity contribution in [2.45, 2.75) is 19.9 Å². The molecular weight excluding hydrogens is 338 g/mol. The summed E-state index contributed by atoms with van der Waals surface area (Å²) in [5, 5.41) is 0. The van der Waals surface area contributed by atoms with Crippen LogP contribution >= 0.6 is 0 Å². The molecule has 1 amide bonds. The van der Waals surface area contributed by atoms with Gasteiger partial charge in [-0.1, -0.05) is 24.3 Å². The molecule has 3 rings (SSSR count). The van der Waals surface area contributed by atoms with Gasteiger partial charge >= 0.3 is 0 Å². The van der Waals surface area contributed by atoms with Crippen LogP contribution < -0.4 is 19.4 Å². The highest BCUT2D eigenvalue weighted by molar-refractivity contribution is 5.94. The van der Waals surface area contributed by atoms with Crippen molar-refractivity contribution >= 4 is 17.3 Å². The summed E-state index contributed by atoms with van der Waals surface area (Å²) in [6, 6.07) is 18.3. The number of nitrogens with one attached hydrogen (secondary N) is 1. The lowest BCUT2D eigenvalue weighted by molar-refractivity contribution is -0.892. The highest BCUT2D eigenvalue weighted by atomic mass is 16.5. The van der Waals surface area contributed by atoms with Crippen LogP contribution in [0.2, 0.25) is 0 Å². The van der Waals surface area contributed by atoms with E-state index in [4.69, 9.17) is 4.74 Å². The lowest BCUT2D eigenvalue weighted by Crippen LogP contribution is -3.16. The number of hydrogen-bond donors (Lipinski definition) is 1. The maximum absolute atomic E-state index is 13.0. The van der Waals surface area contributed by atoms with Crippen molar-refractivity contribution in [1.29, 1.82) is 0 Å². The Bertz CT molecular complexity index is 740. The van der Waals surface area contributed by atoms with Crippen molar-refractivity contribution < 1.29 is 14.4 Å². The molecule has 1 saturated heterocycles. The summed E-state index contributed by atoms with van der Waals surface area (Å²) in [5.41, 5.74) is 2.17. The van der Waals surface area contributed by atoms with Gasteiger partial charge in [0.15, 0.2) is 6.54 Å². The minimum absolute atomic E-state index is 0.150. The summed E-state index contributed by atoms with van der Waals surface area (Å²) in [6.07, 6.45) is 0. The van der Waals surface area contributed by atoms with Crippen LogP contribution in [0.25, 0.3) is 0 Å². The number of carbonyl (C=O) groups excluding carboxylic acids is 1. The van der Waals surface area contributed by atoms with Gasteiger partial charge in [-0.05, 0) is 38.1 Å². The van der Waals surface area contributed by atoms with E-state index in [1.165, 1.54) is 10.6 Å². The van der Waals surface area contributed by atoms with Crippen LogP contribution in [0.1, 0.15) is 13.8 Å². The van der Waals surface area contributed by atoms with Gasteiger partial charge in [0.2, 0.25) is 0 Å². The normalized spacial score (nSPS) is 15.0. The number of para-hydroxylation sites is 1. The zero-order chi connectivity index (χ0) is 19.2. The molecule has 0 bridgehead atoms. The molecule has 2 aromatic rings. The molecule has 0 unspecified atom stereocenters. The Morgan fingerprint density at radius 1 is 1.11 bits per heavy atom. The van der Waals surface area contributed by atoms with Gasteiger partial charge in [0.1, 0.15) is 5.75 Å². The number of quaternary nitrogens is 1. The van der Waals surface area contributed by atoms with Crippen molar-refractivity contribution in [3.63, 3.8) is 0 Å². The number of amides is 1. The number of methoxy groups -OCH3 is 1. The molecule has 0 radical (unpaired) electrons. The van der Waals surface area contributed by atoms with Crippen molar-refractivity contribution in [2.75, 3.05) is 49.6 Å². The molecule has 0 atom stereocenters. The lowest BCUT2D eigenvalue weighted by atomic mass is 10.2. The number of piperazine rings is 1. The molecule has 5 heteroatoms. The Morgan fingerprint density at radius 2 is 1.81 bits per heavy atom. The maximum Gasteiger partial charge on any atom is 0.282 e. The van der Waals surface area contributed by atoms with E-state index in [-0.39, 0.29) is 11.9 Å². The number of rotatable bonds is 6. The molecule has 27 heavy (non-hydrogen) atoms. The fourth-order valence-corrected chi connectivity index (χ4v) is 3.68. The zero-order valence-corrected chi connectivity index (χ0v) is 16.5. The van der Waals surface area contributed by atoms with E-state index in [0.29, 0.717) is 6.54 Å². The average Bonchev–Trinajstić information content (AvgIpc) is 2.69. The molecular formula is C22H30N3O2+. The maximum atomic E-state index is 13.0. The van der Waals surface area contributed by atoms with Gasteiger partial charge in [-0.2, -0.15) is 0 Å². The molecule has 144 valence electrons. The number of nitrogens with zero attached hydrogens (tertiary/aromatic N) is 2. The summed E-state index contributed by atoms with van der Waals surface area (Å²) in [4.78, 5) is 18.6. The quantitative estimate of drug-likeness (QED) is 0.845. The Hall–Kier alpha value is -2.53. The number of anilines is 2. The van der Waals surface area contributed by atoms with E-state index in [1.54, 1.807) is 7.11 Å². The smallest absolute Gasteiger partial charge is 0.282 e. The summed E-state index contributed by atoms with van der Waals surface area (Å²) in [5.74, 6) is 1.08. The molecule has 2 aromatic carbocycles. The predicted octanol–water partition coefficient (Wildman–Crippen LogP) is 1.84. The minimum Gasteiger partial charge on any atom is -0.497 e. The molecule has 0 spiro atoms. The van der Waals surface area contributed by atoms with E-state index >= 15 is 0 Å². The van der Waals surface area contributed by atoms with Crippen LogP contribution in [0, 0.1) is 0 Å². The van der Waals surface area contributed by atoms with Gasteiger partial charge in [-0.25, -0.2) is 0 Å². The number of benzene rings is 2. The first kappa shape index (κ1) is 19.2. The molecule has 0 saturated carbocycles. The molecule has 5 nitrogen and oxygen atoms in total. The van der Waals surface area contributed by atoms with Gasteiger partial charge in [0, 0.05) is 23.5 Å². The molecule has 0 aromatic heterocycles. The van der Waals surface area contributed by atoms with Gasteiger partial charge in [-0.15, -0.1) is 0 Å². The highest BCUT2D eigenvalue weighted by Crippen LogP contribution is 2.21. The van der Waals surface area contributed by atoms with Crippen LogP contribution in [0.3, 0.4) is 0 Å². The van der Waals surface area contributed by atoms with Gasteiger partial charge in [-0.3, -0.25) is 4.79 Å². The van der Waals surface area contributed by atoms with E-state index in [1.807, 2.05) is 47.4 Å². The Morgan fingerprint density at radius 3 is 2.44 bits per heavy atom. The molecule has 1 aliphatic heterocycles. The van der Waals surface area contributed by atoms with Crippen LogP contribution in [-0.2, 0) is 4.79 Å². The van der Waals surface area contributed by atoms with Crippen LogP contribution in [0.15, 0.2) is 54.6 Å². The summed E-state index contributed by atoms with van der Waals surface area (Å²) in [7, 11) is 1.69. The van der Waals surface area contributed by atoms with Crippen molar-refractivity contribution in [3.05, 3.63) is 54.6 Å². The second-order valence-corrected chi connectivity index (χ2v) is 7.31. The number of ether oxygens (including phenoxy) is 1. The highest BCUT2D eigenvalue weighted by Gasteiger charge is 2.27. The van der Waals surface area contributed by atoms with E-state index in [9.17, 15) is 4.79 Å². The Labute approximate surface area is 162 Å². The Balaban J connectivity index is 1.58. The fraction of sp³-hybridized carbons (Fsp3) is 0.409. The minimum atomic E-state index is 0.150. The SMILES string of the molecule is COc1cccc(N2CC[NH+](CC(=O)N(c3ccccc3)C(C)C)CC2)c1. The summed E-state index contributed by atoms with van der Waals surface area (Å²) < 4.78 is 5.33. The Kier molecular flexibility index (Phi) is 6.35. The van der Waals surface area contributed by atoms with Gasteiger partial charge in [0.05, 0.1) is 33.3 Å². The second kappa shape index (κ2) is 8.91. The fourth-order valence-electron chi connectivity index (χ4n) is 3.68. The van der Waals surface area contributed by atoms with Gasteiger partial charge < -0.3 is 19.4 Å². The van der Waals surface area contributed by atoms with E-state index in [0.717, 1.165) is 37.6 Å². The largest absolute Gasteiger partial charge is 0.497 e. The number of hydrogen-bond acceptors (Lipinski definition) is 3. The zero-order valence-electron chi connectivity index (χ0n) is 16.5. The lowest BCUT2D eigenvalue weighted by Gasteiger charge is -2.35. The topological polar surface area (TPSA) is 37.2 Å². The van der Waals surface area contributed by atoms with Crippen molar-refractivity contribution in [1.82, 2.24) is 0 Å². The van der Waals surface area contributed by atoms with E-state index in [2.05, 4.69) is 30.9 Å². The van der Waals surface area contributed by atoms with Crippen molar-refractivity contribution in [3.8, 4) is 5.75 Å². The first-order chi connectivity index (χ1) is 13.1. The third-order valence-electron chi connectivity index (χ3n) is 5.11. The molecule has 1 heterocycles. The molecule has 1 fully saturated rings. The van der Waals surface area contributed by atoms with Crippen LogP contribution in [-0.4, -0.2) is 51.8 Å². The number of carbonyl (C=O) groups is 1. The van der Waals surface area contributed by atoms with Gasteiger partial charge in [0.25, 0.3) is 5.91 Å². The standard InChI is InChI=1S/C22H29N3O2/c1-18(2)25(19-8-5-4-6-9-19)22(26)17-23-12-14-24(15-13-23)20-10-7-11-21(16-20)27-3/h4-11,16,18H,12-15,17H2,1-3H3/p+1.